The van der Waals surface area contributed by atoms with Crippen LogP contribution in [0.2, 0.25) is 0 Å². The van der Waals surface area contributed by atoms with E-state index in [0.29, 0.717) is 11.3 Å². The maximum atomic E-state index is 12.0. The first kappa shape index (κ1) is 17.9. The number of hydrogen-bond donors (Lipinski definition) is 2. The van der Waals surface area contributed by atoms with Gasteiger partial charge in [0.05, 0.1) is 6.20 Å². The first-order valence-corrected chi connectivity index (χ1v) is 8.50. The molecule has 0 spiro atoms. The summed E-state index contributed by atoms with van der Waals surface area (Å²) >= 11 is 0. The molecule has 0 unspecified atom stereocenters. The Morgan fingerprint density at radius 1 is 1.38 bits per heavy atom. The standard InChI is InChI=1S/C14H18N4O5S/c1-9-4-12(10(2)17-9)13(19)8-23-14(20)6-16-24(21,22)11-5-15-18(3)7-11/h4-5,7,16-17H,6,8H2,1-3H3. The van der Waals surface area contributed by atoms with Gasteiger partial charge in [-0.05, 0) is 19.9 Å². The zero-order valence-electron chi connectivity index (χ0n) is 13.5. The van der Waals surface area contributed by atoms with Gasteiger partial charge in [0, 0.05) is 30.2 Å². The molecule has 2 aromatic heterocycles. The Hall–Kier alpha value is -2.46. The molecule has 0 radical (unpaired) electrons. The van der Waals surface area contributed by atoms with Crippen LogP contribution in [0.25, 0.3) is 0 Å². The molecule has 0 saturated heterocycles. The maximum absolute atomic E-state index is 12.0. The van der Waals surface area contributed by atoms with E-state index in [1.165, 1.54) is 10.9 Å². The normalized spacial score (nSPS) is 11.5. The molecule has 0 bridgehead atoms. The Morgan fingerprint density at radius 3 is 2.62 bits per heavy atom. The second-order valence-electron chi connectivity index (χ2n) is 5.25. The number of carbonyl (C=O) groups is 2. The van der Waals surface area contributed by atoms with Gasteiger partial charge in [0.1, 0.15) is 11.4 Å². The minimum absolute atomic E-state index is 0.0627. The maximum Gasteiger partial charge on any atom is 0.321 e. The van der Waals surface area contributed by atoms with Gasteiger partial charge in [0.15, 0.2) is 6.61 Å². The van der Waals surface area contributed by atoms with E-state index >= 15 is 0 Å². The van der Waals surface area contributed by atoms with Crippen LogP contribution in [0.4, 0.5) is 0 Å². The summed E-state index contributed by atoms with van der Waals surface area (Å²) in [5.74, 6) is -1.21. The highest BCUT2D eigenvalue weighted by molar-refractivity contribution is 7.89. The largest absolute Gasteiger partial charge is 0.456 e. The molecule has 2 aromatic rings. The lowest BCUT2D eigenvalue weighted by Gasteiger charge is -2.06. The van der Waals surface area contributed by atoms with Gasteiger partial charge in [-0.1, -0.05) is 0 Å². The van der Waals surface area contributed by atoms with Gasteiger partial charge in [-0.25, -0.2) is 8.42 Å². The van der Waals surface area contributed by atoms with E-state index in [4.69, 9.17) is 4.74 Å². The summed E-state index contributed by atoms with van der Waals surface area (Å²) in [6, 6.07) is 1.66. The molecule has 0 amide bonds. The average Bonchev–Trinajstić information content (AvgIpc) is 3.08. The number of sulfonamides is 1. The molecule has 0 aliphatic carbocycles. The molecule has 0 fully saturated rings. The van der Waals surface area contributed by atoms with Gasteiger partial charge in [-0.15, -0.1) is 0 Å². The third kappa shape index (κ3) is 4.30. The summed E-state index contributed by atoms with van der Waals surface area (Å²) in [7, 11) is -2.28. The number of Topliss-reactive ketones (excluding diaryl/α,β-unsaturated/α-hetero) is 1. The third-order valence-corrected chi connectivity index (χ3v) is 4.57. The zero-order chi connectivity index (χ0) is 17.9. The van der Waals surface area contributed by atoms with Crippen LogP contribution in [0.3, 0.4) is 0 Å². The summed E-state index contributed by atoms with van der Waals surface area (Å²) in [5, 5.41) is 3.75. The lowest BCUT2D eigenvalue weighted by molar-refractivity contribution is -0.141. The summed E-state index contributed by atoms with van der Waals surface area (Å²) in [4.78, 5) is 26.5. The monoisotopic (exact) mass is 354 g/mol. The number of hydrogen-bond acceptors (Lipinski definition) is 6. The molecule has 2 rings (SSSR count). The van der Waals surface area contributed by atoms with Crippen molar-refractivity contribution in [3.8, 4) is 0 Å². The second-order valence-corrected chi connectivity index (χ2v) is 7.02. The molecule has 0 saturated carbocycles. The van der Waals surface area contributed by atoms with Crippen LogP contribution in [-0.4, -0.2) is 48.1 Å². The molecular weight excluding hydrogens is 336 g/mol. The fourth-order valence-corrected chi connectivity index (χ4v) is 3.01. The van der Waals surface area contributed by atoms with Gasteiger partial charge in [0.2, 0.25) is 15.8 Å². The highest BCUT2D eigenvalue weighted by Gasteiger charge is 2.19. The number of esters is 1. The van der Waals surface area contributed by atoms with Crippen LogP contribution in [0.5, 0.6) is 0 Å². The van der Waals surface area contributed by atoms with E-state index in [0.717, 1.165) is 11.9 Å². The van der Waals surface area contributed by atoms with Gasteiger partial charge >= 0.3 is 5.97 Å². The minimum Gasteiger partial charge on any atom is -0.456 e. The number of H-pyrrole nitrogens is 1. The first-order chi connectivity index (χ1) is 11.2. The molecule has 2 N–H and O–H groups in total. The Bertz CT molecular complexity index is 866. The minimum atomic E-state index is -3.85. The number of nitrogens with one attached hydrogen (secondary N) is 2. The van der Waals surface area contributed by atoms with E-state index in [2.05, 4.69) is 14.8 Å². The Labute approximate surface area is 139 Å². The highest BCUT2D eigenvalue weighted by Crippen LogP contribution is 2.10. The third-order valence-electron chi connectivity index (χ3n) is 3.21. The van der Waals surface area contributed by atoms with Crippen molar-refractivity contribution in [2.45, 2.75) is 18.7 Å². The van der Waals surface area contributed by atoms with E-state index in [-0.39, 0.29) is 10.7 Å². The van der Waals surface area contributed by atoms with Crippen molar-refractivity contribution in [3.05, 3.63) is 35.4 Å². The predicted octanol–water partition coefficient (Wildman–Crippen LogP) is 0.0694. The molecule has 10 heteroatoms. The molecule has 24 heavy (non-hydrogen) atoms. The number of aryl methyl sites for hydroxylation is 3. The van der Waals surface area contributed by atoms with Gasteiger partial charge < -0.3 is 9.72 Å². The van der Waals surface area contributed by atoms with Crippen LogP contribution >= 0.6 is 0 Å². The molecule has 130 valence electrons. The van der Waals surface area contributed by atoms with Gasteiger partial charge in [-0.3, -0.25) is 14.3 Å². The van der Waals surface area contributed by atoms with Crippen molar-refractivity contribution in [2.75, 3.05) is 13.2 Å². The number of ketones is 1. The summed E-state index contributed by atoms with van der Waals surface area (Å²) in [6.07, 6.45) is 2.46. The fourth-order valence-electron chi connectivity index (χ4n) is 2.06. The summed E-state index contributed by atoms with van der Waals surface area (Å²) in [6.45, 7) is 2.52. The second kappa shape index (κ2) is 6.97. The summed E-state index contributed by atoms with van der Waals surface area (Å²) < 4.78 is 32.1. The lowest BCUT2D eigenvalue weighted by atomic mass is 10.2. The van der Waals surface area contributed by atoms with Crippen LogP contribution in [0.15, 0.2) is 23.4 Å². The summed E-state index contributed by atoms with van der Waals surface area (Å²) in [5.41, 5.74) is 1.95. The van der Waals surface area contributed by atoms with Crippen LogP contribution in [0, 0.1) is 13.8 Å². The molecule has 2 heterocycles. The fraction of sp³-hybridized carbons (Fsp3) is 0.357. The molecule has 0 aliphatic heterocycles. The van der Waals surface area contributed by atoms with Crippen LogP contribution in [-0.2, 0) is 26.6 Å². The number of aromatic nitrogens is 3. The van der Waals surface area contributed by atoms with E-state index < -0.39 is 29.1 Å². The van der Waals surface area contributed by atoms with Crippen molar-refractivity contribution in [1.29, 1.82) is 0 Å². The topological polar surface area (TPSA) is 123 Å². The Balaban J connectivity index is 1.85. The smallest absolute Gasteiger partial charge is 0.321 e. The van der Waals surface area contributed by atoms with Crippen molar-refractivity contribution in [1.82, 2.24) is 19.5 Å². The van der Waals surface area contributed by atoms with Crippen molar-refractivity contribution in [2.24, 2.45) is 7.05 Å². The van der Waals surface area contributed by atoms with Gasteiger partial charge in [-0.2, -0.15) is 9.82 Å². The van der Waals surface area contributed by atoms with Crippen molar-refractivity contribution >= 4 is 21.8 Å². The van der Waals surface area contributed by atoms with E-state index in [1.807, 2.05) is 6.92 Å². The van der Waals surface area contributed by atoms with Crippen molar-refractivity contribution in [3.63, 3.8) is 0 Å². The number of carbonyl (C=O) groups excluding carboxylic acids is 2. The van der Waals surface area contributed by atoms with Crippen LogP contribution in [0.1, 0.15) is 21.7 Å². The Morgan fingerprint density at radius 2 is 2.08 bits per heavy atom. The number of rotatable bonds is 7. The van der Waals surface area contributed by atoms with Crippen molar-refractivity contribution < 1.29 is 22.7 Å². The quantitative estimate of drug-likeness (QED) is 0.536. The SMILES string of the molecule is Cc1cc(C(=O)COC(=O)CNS(=O)(=O)c2cnn(C)c2)c(C)[nH]1. The predicted molar refractivity (Wildman–Crippen MR) is 84.0 cm³/mol. The molecular formula is C14H18N4O5S. The van der Waals surface area contributed by atoms with E-state index in [9.17, 15) is 18.0 Å². The highest BCUT2D eigenvalue weighted by atomic mass is 32.2. The first-order valence-electron chi connectivity index (χ1n) is 7.02. The zero-order valence-corrected chi connectivity index (χ0v) is 14.3. The van der Waals surface area contributed by atoms with E-state index in [1.54, 1.807) is 20.0 Å². The number of ether oxygens (including phenoxy) is 1. The number of aromatic amines is 1. The van der Waals surface area contributed by atoms with Gasteiger partial charge in [0.25, 0.3) is 0 Å². The molecule has 0 atom stereocenters. The lowest BCUT2D eigenvalue weighted by Crippen LogP contribution is -2.31. The molecule has 9 nitrogen and oxygen atoms in total. The number of nitrogens with zero attached hydrogens (tertiary/aromatic N) is 2. The van der Waals surface area contributed by atoms with Crippen LogP contribution < -0.4 is 4.72 Å². The Kier molecular flexibility index (Phi) is 5.20. The molecule has 0 aliphatic rings. The average molecular weight is 354 g/mol. The molecule has 0 aromatic carbocycles.